The van der Waals surface area contributed by atoms with E-state index in [1.807, 2.05) is 13.8 Å². The van der Waals surface area contributed by atoms with E-state index in [1.54, 1.807) is 0 Å². The molecular weight excluding hydrogens is 299 g/mol. The lowest BCUT2D eigenvalue weighted by Gasteiger charge is -2.09. The van der Waals surface area contributed by atoms with Gasteiger partial charge in [0.1, 0.15) is 17.1 Å². The molecule has 0 aliphatic heterocycles. The van der Waals surface area contributed by atoms with Crippen LogP contribution in [-0.4, -0.2) is 15.7 Å². The van der Waals surface area contributed by atoms with E-state index in [0.29, 0.717) is 0 Å². The van der Waals surface area contributed by atoms with Crippen molar-refractivity contribution in [1.82, 2.24) is 9.78 Å². The van der Waals surface area contributed by atoms with Crippen molar-refractivity contribution in [3.05, 3.63) is 41.6 Å². The van der Waals surface area contributed by atoms with Crippen LogP contribution in [0.4, 0.5) is 19.0 Å². The van der Waals surface area contributed by atoms with Crippen molar-refractivity contribution in [2.24, 2.45) is 0 Å². The van der Waals surface area contributed by atoms with Crippen LogP contribution in [0.15, 0.2) is 30.5 Å². The molecule has 0 aliphatic carbocycles. The number of carbonyl (C=O) groups is 1. The molecule has 0 radical (unpaired) electrons. The fourth-order valence-electron chi connectivity index (χ4n) is 1.81. The highest BCUT2D eigenvalue weighted by molar-refractivity contribution is 5.95. The predicted molar refractivity (Wildman–Crippen MR) is 73.4 cm³/mol. The Morgan fingerprint density at radius 2 is 1.86 bits per heavy atom. The first-order valence-corrected chi connectivity index (χ1v) is 6.42. The largest absolute Gasteiger partial charge is 0.423 e. The van der Waals surface area contributed by atoms with Crippen molar-refractivity contribution in [2.75, 3.05) is 5.73 Å². The van der Waals surface area contributed by atoms with Gasteiger partial charge in [0, 0.05) is 6.04 Å². The van der Waals surface area contributed by atoms with Crippen LogP contribution >= 0.6 is 0 Å². The standard InChI is InChI=1S/C14H14F3N3O2/c1-8(2)20-12(18)11(7-19-20)13(21)22-10-5-3-9(4-6-10)14(15,16)17/h3-8H,18H2,1-2H3. The Morgan fingerprint density at radius 1 is 1.27 bits per heavy atom. The summed E-state index contributed by atoms with van der Waals surface area (Å²) >= 11 is 0. The Bertz CT molecular complexity index is 676. The average Bonchev–Trinajstić information content (AvgIpc) is 2.80. The summed E-state index contributed by atoms with van der Waals surface area (Å²) in [5.41, 5.74) is 5.03. The number of ether oxygens (including phenoxy) is 1. The van der Waals surface area contributed by atoms with E-state index >= 15 is 0 Å². The van der Waals surface area contributed by atoms with Crippen LogP contribution in [0.25, 0.3) is 0 Å². The zero-order valence-corrected chi connectivity index (χ0v) is 11.9. The summed E-state index contributed by atoms with van der Waals surface area (Å²) in [5, 5.41) is 3.97. The zero-order chi connectivity index (χ0) is 16.5. The fourth-order valence-corrected chi connectivity index (χ4v) is 1.81. The van der Waals surface area contributed by atoms with E-state index in [4.69, 9.17) is 10.5 Å². The van der Waals surface area contributed by atoms with Gasteiger partial charge in [-0.1, -0.05) is 0 Å². The summed E-state index contributed by atoms with van der Waals surface area (Å²) < 4.78 is 43.8. The second kappa shape index (κ2) is 5.70. The first-order chi connectivity index (χ1) is 10.2. The number of halogens is 3. The number of anilines is 1. The maximum Gasteiger partial charge on any atom is 0.416 e. The highest BCUT2D eigenvalue weighted by Gasteiger charge is 2.30. The number of rotatable bonds is 3. The summed E-state index contributed by atoms with van der Waals surface area (Å²) in [6, 6.07) is 3.79. The van der Waals surface area contributed by atoms with E-state index in [9.17, 15) is 18.0 Å². The lowest BCUT2D eigenvalue weighted by Crippen LogP contribution is -2.13. The third-order valence-corrected chi connectivity index (χ3v) is 2.94. The molecule has 5 nitrogen and oxygen atoms in total. The number of esters is 1. The Labute approximate surface area is 124 Å². The van der Waals surface area contributed by atoms with Gasteiger partial charge in [0.2, 0.25) is 0 Å². The number of alkyl halides is 3. The average molecular weight is 313 g/mol. The van der Waals surface area contributed by atoms with E-state index in [2.05, 4.69) is 5.10 Å². The van der Waals surface area contributed by atoms with Crippen molar-refractivity contribution in [2.45, 2.75) is 26.1 Å². The van der Waals surface area contributed by atoms with Crippen LogP contribution in [0.1, 0.15) is 35.8 Å². The normalized spacial score (nSPS) is 11.7. The third kappa shape index (κ3) is 3.21. The highest BCUT2D eigenvalue weighted by Crippen LogP contribution is 2.30. The quantitative estimate of drug-likeness (QED) is 0.697. The van der Waals surface area contributed by atoms with Gasteiger partial charge in [0.15, 0.2) is 0 Å². The molecule has 0 bridgehead atoms. The maximum atomic E-state index is 12.4. The van der Waals surface area contributed by atoms with Gasteiger partial charge in [-0.15, -0.1) is 0 Å². The summed E-state index contributed by atoms with van der Waals surface area (Å²) in [7, 11) is 0. The Balaban J connectivity index is 2.16. The minimum Gasteiger partial charge on any atom is -0.423 e. The summed E-state index contributed by atoms with van der Waals surface area (Å²) in [6.07, 6.45) is -3.17. The van der Waals surface area contributed by atoms with Crippen LogP contribution < -0.4 is 10.5 Å². The Morgan fingerprint density at radius 3 is 2.32 bits per heavy atom. The molecule has 0 spiro atoms. The smallest absolute Gasteiger partial charge is 0.416 e. The van der Waals surface area contributed by atoms with E-state index < -0.39 is 17.7 Å². The number of nitrogens with two attached hydrogens (primary N) is 1. The molecule has 0 saturated heterocycles. The second-order valence-corrected chi connectivity index (χ2v) is 4.89. The van der Waals surface area contributed by atoms with E-state index in [0.717, 1.165) is 24.3 Å². The molecule has 0 atom stereocenters. The minimum absolute atomic E-state index is 0.00491. The first kappa shape index (κ1) is 15.9. The number of nitrogens with zero attached hydrogens (tertiary/aromatic N) is 2. The zero-order valence-electron chi connectivity index (χ0n) is 11.9. The van der Waals surface area contributed by atoms with Crippen molar-refractivity contribution in [3.8, 4) is 5.75 Å². The van der Waals surface area contributed by atoms with Gasteiger partial charge < -0.3 is 10.5 Å². The molecule has 2 N–H and O–H groups in total. The van der Waals surface area contributed by atoms with Gasteiger partial charge >= 0.3 is 12.1 Å². The van der Waals surface area contributed by atoms with Crippen LogP contribution in [-0.2, 0) is 6.18 Å². The van der Waals surface area contributed by atoms with Crippen molar-refractivity contribution >= 4 is 11.8 Å². The van der Waals surface area contributed by atoms with Crippen LogP contribution in [0.5, 0.6) is 5.75 Å². The summed E-state index contributed by atoms with van der Waals surface area (Å²) in [5.74, 6) is -0.634. The highest BCUT2D eigenvalue weighted by atomic mass is 19.4. The maximum absolute atomic E-state index is 12.4. The van der Waals surface area contributed by atoms with Crippen LogP contribution in [0.3, 0.4) is 0 Å². The third-order valence-electron chi connectivity index (χ3n) is 2.94. The number of benzene rings is 1. The van der Waals surface area contributed by atoms with Crippen molar-refractivity contribution in [1.29, 1.82) is 0 Å². The molecule has 22 heavy (non-hydrogen) atoms. The molecule has 1 aromatic carbocycles. The summed E-state index contributed by atoms with van der Waals surface area (Å²) in [6.45, 7) is 3.68. The van der Waals surface area contributed by atoms with Crippen LogP contribution in [0, 0.1) is 0 Å². The van der Waals surface area contributed by atoms with Crippen LogP contribution in [0.2, 0.25) is 0 Å². The molecule has 0 saturated carbocycles. The van der Waals surface area contributed by atoms with Crippen molar-refractivity contribution < 1.29 is 22.7 Å². The molecule has 1 heterocycles. The van der Waals surface area contributed by atoms with Gasteiger partial charge in [0.25, 0.3) is 0 Å². The lowest BCUT2D eigenvalue weighted by molar-refractivity contribution is -0.137. The molecule has 0 fully saturated rings. The topological polar surface area (TPSA) is 70.1 Å². The van der Waals surface area contributed by atoms with Gasteiger partial charge in [0.05, 0.1) is 11.8 Å². The number of aromatic nitrogens is 2. The molecule has 0 unspecified atom stereocenters. The van der Waals surface area contributed by atoms with Gasteiger partial charge in [-0.05, 0) is 38.1 Å². The van der Waals surface area contributed by atoms with E-state index in [-0.39, 0.29) is 23.2 Å². The number of hydrogen-bond acceptors (Lipinski definition) is 4. The van der Waals surface area contributed by atoms with Crippen molar-refractivity contribution in [3.63, 3.8) is 0 Å². The number of nitrogen functional groups attached to an aromatic ring is 1. The predicted octanol–water partition coefficient (Wildman–Crippen LogP) is 3.28. The molecule has 1 aromatic heterocycles. The summed E-state index contributed by atoms with van der Waals surface area (Å²) in [4.78, 5) is 12.0. The molecule has 0 amide bonds. The second-order valence-electron chi connectivity index (χ2n) is 4.89. The first-order valence-electron chi connectivity index (χ1n) is 6.42. The lowest BCUT2D eigenvalue weighted by atomic mass is 10.2. The molecule has 2 aromatic rings. The van der Waals surface area contributed by atoms with Gasteiger partial charge in [-0.3, -0.25) is 0 Å². The molecule has 2 rings (SSSR count). The SMILES string of the molecule is CC(C)n1ncc(C(=O)Oc2ccc(C(F)(F)F)cc2)c1N. The van der Waals surface area contributed by atoms with Gasteiger partial charge in [-0.25, -0.2) is 9.48 Å². The molecule has 0 aliphatic rings. The number of hydrogen-bond donors (Lipinski definition) is 1. The molecule has 8 heteroatoms. The minimum atomic E-state index is -4.44. The Hall–Kier alpha value is -2.51. The monoisotopic (exact) mass is 313 g/mol. The van der Waals surface area contributed by atoms with E-state index in [1.165, 1.54) is 10.9 Å². The van der Waals surface area contributed by atoms with Gasteiger partial charge in [-0.2, -0.15) is 18.3 Å². The fraction of sp³-hybridized carbons (Fsp3) is 0.286. The Kier molecular flexibility index (Phi) is 4.11. The molecule has 118 valence electrons. The molecular formula is C14H14F3N3O2. The number of carbonyl (C=O) groups excluding carboxylic acids is 1.